The van der Waals surface area contributed by atoms with Gasteiger partial charge in [-0.05, 0) is 142 Å². The molecule has 0 aliphatic rings. The number of hydrogen-bond acceptors (Lipinski definition) is 18. The number of hydrogen-bond donors (Lipinski definition) is 1. The third-order valence-corrected chi connectivity index (χ3v) is 12.3. The number of aromatic nitrogens is 6. The third-order valence-electron chi connectivity index (χ3n) is 11.5. The van der Waals surface area contributed by atoms with Gasteiger partial charge in [-0.25, -0.2) is 24.2 Å². The number of halogens is 7. The number of ether oxygens (including phenoxy) is 6. The van der Waals surface area contributed by atoms with Crippen molar-refractivity contribution in [2.45, 2.75) is 169 Å². The van der Waals surface area contributed by atoms with E-state index in [1.165, 1.54) is 13.0 Å². The standard InChI is InChI=1S/C30H34BrF3N4O6.C30H35F3N4O7/c1-9-15-29(30(32,33)34,41-17-19-13-11-10-12-14-19)24-37-36-23(42-24)21-20(16-18(2)22(31)35-21)38(25(39)43-27(3,4)5)26(40)44-28(6,7)8;1-9-15-29(30(31,32)33,41-17-19-13-11-10-12-14-19)24-36-35-23(42-24)21-20(16-18(2)22(38)34-21)37(25(39)43-27(3,4)5)26(40)44-28(6,7)8/h9-14,16H,1,15,17H2,2-8H3;9-14,16H,1,15,17H2,2-8H3,(H,34,38)/t2*29-/m11/s1. The molecule has 2 aromatic carbocycles. The SMILES string of the molecule is C=CC[C@@](OCc1ccccc1)(c1nnc(-c2[nH]c(=O)c(C)cc2N(C(=O)OC(C)(C)C)C(=O)OC(C)(C)C)o1)C(F)(F)F.C=CC[C@@](OCc1ccccc1)(c1nnc(-c2nc(Br)c(C)cc2N(C(=O)OC(C)(C)C)C(=O)OC(C)(C)C)o1)C(F)(F)F. The van der Waals surface area contributed by atoms with Crippen LogP contribution in [0, 0.1) is 13.8 Å². The molecule has 0 spiro atoms. The molecule has 28 heteroatoms. The summed E-state index contributed by atoms with van der Waals surface area (Å²) in [5, 5.41) is 14.9. The molecule has 476 valence electrons. The number of aromatic amines is 1. The fourth-order valence-electron chi connectivity index (χ4n) is 7.63. The number of imide groups is 2. The number of rotatable bonds is 16. The van der Waals surface area contributed by atoms with Gasteiger partial charge in [0, 0.05) is 18.4 Å². The second-order valence-electron chi connectivity index (χ2n) is 23.6. The zero-order valence-corrected chi connectivity index (χ0v) is 52.5. The number of pyridine rings is 2. The smallest absolute Gasteiger partial charge is 0.426 e. The maximum atomic E-state index is 14.8. The van der Waals surface area contributed by atoms with Gasteiger partial charge in [0.25, 0.3) is 29.1 Å². The molecule has 21 nitrogen and oxygen atoms in total. The van der Waals surface area contributed by atoms with Gasteiger partial charge in [-0.3, -0.25) is 4.79 Å². The Morgan fingerprint density at radius 1 is 0.557 bits per heavy atom. The van der Waals surface area contributed by atoms with E-state index in [4.69, 9.17) is 37.3 Å². The number of aryl methyl sites for hydroxylation is 2. The number of amides is 4. The summed E-state index contributed by atoms with van der Waals surface area (Å²) >= 11 is 3.28. The van der Waals surface area contributed by atoms with Crippen molar-refractivity contribution in [3.05, 3.63) is 147 Å². The van der Waals surface area contributed by atoms with E-state index in [0.29, 0.717) is 26.5 Å². The first-order valence-electron chi connectivity index (χ1n) is 26.9. The molecule has 0 radical (unpaired) electrons. The Kier molecular flexibility index (Phi) is 22.0. The van der Waals surface area contributed by atoms with Crippen molar-refractivity contribution in [3.8, 4) is 23.2 Å². The summed E-state index contributed by atoms with van der Waals surface area (Å²) in [7, 11) is 0. The molecular formula is C60H69BrF6N8O13. The largest absolute Gasteiger partial charge is 0.443 e. The third kappa shape index (κ3) is 18.0. The van der Waals surface area contributed by atoms with Crippen LogP contribution in [0.1, 0.15) is 130 Å². The first-order chi connectivity index (χ1) is 40.6. The monoisotopic (exact) mass is 1300 g/mol. The summed E-state index contributed by atoms with van der Waals surface area (Å²) in [5.74, 6) is -3.11. The van der Waals surface area contributed by atoms with E-state index in [9.17, 15) is 50.3 Å². The highest BCUT2D eigenvalue weighted by Crippen LogP contribution is 2.48. The minimum absolute atomic E-state index is 0.0445. The maximum absolute atomic E-state index is 14.8. The highest BCUT2D eigenvalue weighted by molar-refractivity contribution is 9.10. The Labute approximate surface area is 511 Å². The number of carbonyl (C=O) groups is 4. The van der Waals surface area contributed by atoms with Crippen molar-refractivity contribution in [1.29, 1.82) is 0 Å². The van der Waals surface area contributed by atoms with Gasteiger partial charge < -0.3 is 42.2 Å². The van der Waals surface area contributed by atoms with Crippen molar-refractivity contribution >= 4 is 51.7 Å². The van der Waals surface area contributed by atoms with Crippen molar-refractivity contribution in [2.75, 3.05) is 9.80 Å². The minimum Gasteiger partial charge on any atom is -0.443 e. The van der Waals surface area contributed by atoms with Crippen LogP contribution in [0.15, 0.2) is 116 Å². The van der Waals surface area contributed by atoms with Gasteiger partial charge in [-0.15, -0.1) is 33.6 Å². The maximum Gasteiger partial charge on any atom is 0.426 e. The van der Waals surface area contributed by atoms with Crippen LogP contribution in [-0.2, 0) is 52.8 Å². The molecule has 0 aliphatic heterocycles. The molecular weight excluding hydrogens is 1230 g/mol. The van der Waals surface area contributed by atoms with Crippen LogP contribution in [0.2, 0.25) is 0 Å². The lowest BCUT2D eigenvalue weighted by molar-refractivity contribution is -0.296. The van der Waals surface area contributed by atoms with Crippen LogP contribution in [0.25, 0.3) is 23.2 Å². The molecule has 2 atom stereocenters. The van der Waals surface area contributed by atoms with Crippen LogP contribution in [-0.4, -0.2) is 89.5 Å². The van der Waals surface area contributed by atoms with Crippen molar-refractivity contribution < 1.29 is 82.8 Å². The van der Waals surface area contributed by atoms with E-state index >= 15 is 0 Å². The topological polar surface area (TPSA) is 254 Å². The van der Waals surface area contributed by atoms with Gasteiger partial charge >= 0.3 is 36.7 Å². The van der Waals surface area contributed by atoms with Crippen molar-refractivity contribution in [3.63, 3.8) is 0 Å². The number of alkyl halides is 6. The Bertz CT molecular complexity index is 3460. The van der Waals surface area contributed by atoms with E-state index in [2.05, 4.69) is 59.5 Å². The zero-order valence-electron chi connectivity index (χ0n) is 50.9. The normalized spacial score (nSPS) is 13.6. The Balaban J connectivity index is 0.000000321. The van der Waals surface area contributed by atoms with Gasteiger partial charge in [0.2, 0.25) is 11.2 Å². The van der Waals surface area contributed by atoms with Crippen LogP contribution >= 0.6 is 15.9 Å². The summed E-state index contributed by atoms with van der Waals surface area (Å²) in [6.07, 6.45) is -14.3. The summed E-state index contributed by atoms with van der Waals surface area (Å²) in [4.78, 5) is 74.0. The van der Waals surface area contributed by atoms with Gasteiger partial charge in [0.15, 0.2) is 5.69 Å². The summed E-state index contributed by atoms with van der Waals surface area (Å²) < 4.78 is 133. The number of H-pyrrole nitrogens is 1. The summed E-state index contributed by atoms with van der Waals surface area (Å²) in [6, 6.07) is 18.9. The fourth-order valence-corrected chi connectivity index (χ4v) is 7.92. The highest BCUT2D eigenvalue weighted by atomic mass is 79.9. The molecule has 0 saturated carbocycles. The quantitative estimate of drug-likeness (QED) is 0.0409. The van der Waals surface area contributed by atoms with E-state index in [-0.39, 0.29) is 27.2 Å². The first kappa shape index (κ1) is 70.5. The molecule has 88 heavy (non-hydrogen) atoms. The molecule has 0 saturated heterocycles. The van der Waals surface area contributed by atoms with Crippen LogP contribution in [0.4, 0.5) is 56.9 Å². The molecule has 4 aromatic heterocycles. The second-order valence-corrected chi connectivity index (χ2v) is 24.4. The lowest BCUT2D eigenvalue weighted by Crippen LogP contribution is -2.45. The molecule has 0 fully saturated rings. The van der Waals surface area contributed by atoms with Crippen LogP contribution in [0.5, 0.6) is 0 Å². The molecule has 0 bridgehead atoms. The molecule has 6 rings (SSSR count). The molecule has 6 aromatic rings. The van der Waals surface area contributed by atoms with Gasteiger partial charge in [-0.2, -0.15) is 36.1 Å². The number of carbonyl (C=O) groups excluding carboxylic acids is 4. The van der Waals surface area contributed by atoms with Gasteiger partial charge in [-0.1, -0.05) is 72.8 Å². The average Bonchev–Trinajstić information content (AvgIpc) is 1.56. The minimum atomic E-state index is -5.07. The summed E-state index contributed by atoms with van der Waals surface area (Å²) in [6.45, 7) is 28.0. The first-order valence-corrected chi connectivity index (χ1v) is 27.7. The van der Waals surface area contributed by atoms with Gasteiger partial charge in [0.1, 0.15) is 32.7 Å². The second kappa shape index (κ2) is 27.4. The Morgan fingerprint density at radius 3 is 1.27 bits per heavy atom. The molecule has 4 amide bonds. The van der Waals surface area contributed by atoms with E-state index < -0.39 is 131 Å². The lowest BCUT2D eigenvalue weighted by atomic mass is 9.98. The molecule has 0 aliphatic carbocycles. The molecule has 1 N–H and O–H groups in total. The lowest BCUT2D eigenvalue weighted by Gasteiger charge is -2.31. The number of nitrogens with zero attached hydrogens (tertiary/aromatic N) is 7. The van der Waals surface area contributed by atoms with Crippen molar-refractivity contribution in [1.82, 2.24) is 30.4 Å². The fraction of sp³-hybridized carbons (Fsp3) is 0.433. The number of anilines is 2. The number of nitrogens with one attached hydrogen (secondary N) is 1. The van der Waals surface area contributed by atoms with Crippen molar-refractivity contribution in [2.24, 2.45) is 0 Å². The Morgan fingerprint density at radius 2 is 0.909 bits per heavy atom. The van der Waals surface area contributed by atoms with E-state index in [1.54, 1.807) is 151 Å². The zero-order chi connectivity index (χ0) is 66.2. The molecule has 4 heterocycles. The predicted octanol–water partition coefficient (Wildman–Crippen LogP) is 15.4. The Hall–Kier alpha value is -8.24. The highest BCUT2D eigenvalue weighted by Gasteiger charge is 2.62. The van der Waals surface area contributed by atoms with Gasteiger partial charge in [0.05, 0.1) is 24.6 Å². The number of benzene rings is 2. The van der Waals surface area contributed by atoms with E-state index in [0.717, 1.165) is 18.2 Å². The van der Waals surface area contributed by atoms with E-state index in [1.807, 2.05) is 0 Å². The average molecular weight is 1300 g/mol. The predicted molar refractivity (Wildman–Crippen MR) is 313 cm³/mol. The van der Waals surface area contributed by atoms with Crippen LogP contribution < -0.4 is 15.4 Å². The molecule has 0 unspecified atom stereocenters. The summed E-state index contributed by atoms with van der Waals surface area (Å²) in [5.41, 5.74) is -11.0. The van der Waals surface area contributed by atoms with Crippen LogP contribution in [0.3, 0.4) is 0 Å².